The molecule has 2 aromatic heterocycles. The third-order valence-electron chi connectivity index (χ3n) is 7.66. The van der Waals surface area contributed by atoms with E-state index in [4.69, 9.17) is 19.2 Å². The summed E-state index contributed by atoms with van der Waals surface area (Å²) < 4.78 is 75.1. The fourth-order valence-corrected chi connectivity index (χ4v) is 7.10. The van der Waals surface area contributed by atoms with Crippen LogP contribution in [0.4, 0.5) is 14.6 Å². The molecule has 4 aromatic carbocycles. The minimum Gasteiger partial charge on any atom is -0.472 e. The van der Waals surface area contributed by atoms with Crippen LogP contribution in [0.5, 0.6) is 5.88 Å². The lowest BCUT2D eigenvalue weighted by atomic mass is 9.80. The van der Waals surface area contributed by atoms with Crippen molar-refractivity contribution in [2.75, 3.05) is 11.3 Å². The van der Waals surface area contributed by atoms with Gasteiger partial charge in [0.25, 0.3) is 10.0 Å². The molecule has 258 valence electrons. The quantitative estimate of drug-likeness (QED) is 0.0674. The van der Waals surface area contributed by atoms with Gasteiger partial charge in [-0.25, -0.2) is 13.8 Å². The van der Waals surface area contributed by atoms with Crippen LogP contribution in [0.2, 0.25) is 0 Å². The van der Waals surface area contributed by atoms with Gasteiger partial charge in [0, 0.05) is 17.4 Å². The number of thioether (sulfide) groups is 1. The minimum atomic E-state index is -4.32. The molecule has 6 aromatic rings. The molecule has 6 rings (SSSR count). The third-order valence-corrected chi connectivity index (χ3v) is 9.79. The maximum Gasteiger partial charge on any atom is 0.296 e. The Morgan fingerprint density at radius 3 is 2.04 bits per heavy atom. The monoisotopic (exact) mass is 724 g/mol. The Bertz CT molecular complexity index is 2150. The summed E-state index contributed by atoms with van der Waals surface area (Å²) in [6, 6.07) is 38.7. The van der Waals surface area contributed by atoms with E-state index in [0.717, 1.165) is 40.6 Å². The first-order valence-electron chi connectivity index (χ1n) is 15.6. The van der Waals surface area contributed by atoms with E-state index in [2.05, 4.69) is 14.7 Å². The molecule has 0 fully saturated rings. The van der Waals surface area contributed by atoms with E-state index >= 15 is 0 Å². The van der Waals surface area contributed by atoms with Crippen molar-refractivity contribution in [2.24, 2.45) is 0 Å². The Morgan fingerprint density at radius 2 is 1.47 bits per heavy atom. The smallest absolute Gasteiger partial charge is 0.296 e. The molecule has 0 aliphatic carbocycles. The minimum absolute atomic E-state index is 0.0112. The molecule has 1 N–H and O–H groups in total. The maximum absolute atomic E-state index is 14.4. The van der Waals surface area contributed by atoms with Crippen molar-refractivity contribution in [3.63, 3.8) is 0 Å². The number of halogens is 2. The highest BCUT2D eigenvalue weighted by molar-refractivity contribution is 7.98. The predicted molar refractivity (Wildman–Crippen MR) is 187 cm³/mol. The first-order chi connectivity index (χ1) is 24.7. The Balaban J connectivity index is 1.30. The summed E-state index contributed by atoms with van der Waals surface area (Å²) >= 11 is 0.949. The van der Waals surface area contributed by atoms with Gasteiger partial charge in [0.05, 0.1) is 6.61 Å². The van der Waals surface area contributed by atoms with Crippen LogP contribution in [-0.4, -0.2) is 31.1 Å². The van der Waals surface area contributed by atoms with Crippen molar-refractivity contribution in [3.8, 4) is 11.9 Å². The Morgan fingerprint density at radius 1 is 0.863 bits per heavy atom. The molecule has 0 bridgehead atoms. The van der Waals surface area contributed by atoms with E-state index in [1.807, 2.05) is 91.0 Å². The fraction of sp³-hybridized carbons (Fsp3) is 0.132. The summed E-state index contributed by atoms with van der Waals surface area (Å²) in [5.41, 5.74) is 1.74. The Hall–Kier alpha value is -5.55. The van der Waals surface area contributed by atoms with Crippen molar-refractivity contribution in [2.45, 2.75) is 34.6 Å². The molecule has 0 unspecified atom stereocenters. The number of furan rings is 1. The number of benzene rings is 4. The van der Waals surface area contributed by atoms with Crippen LogP contribution in [0.15, 0.2) is 142 Å². The van der Waals surface area contributed by atoms with Crippen LogP contribution < -0.4 is 9.46 Å². The van der Waals surface area contributed by atoms with Crippen molar-refractivity contribution in [1.29, 1.82) is 5.26 Å². The molecule has 0 saturated carbocycles. The summed E-state index contributed by atoms with van der Waals surface area (Å²) in [4.78, 5) is 8.71. The van der Waals surface area contributed by atoms with Gasteiger partial charge in [0.15, 0.2) is 16.8 Å². The van der Waals surface area contributed by atoms with Gasteiger partial charge >= 0.3 is 0 Å². The van der Waals surface area contributed by atoms with E-state index in [0.29, 0.717) is 0 Å². The molecule has 1 atom stereocenters. The summed E-state index contributed by atoms with van der Waals surface area (Å²) in [5, 5.41) is 8.60. The van der Waals surface area contributed by atoms with Gasteiger partial charge in [0.2, 0.25) is 16.7 Å². The predicted octanol–water partition coefficient (Wildman–Crippen LogP) is 8.09. The maximum atomic E-state index is 14.4. The highest BCUT2D eigenvalue weighted by atomic mass is 32.2. The number of nitrogens with zero attached hydrogens (tertiary/aromatic N) is 3. The Kier molecular flexibility index (Phi) is 10.8. The van der Waals surface area contributed by atoms with Crippen LogP contribution in [-0.2, 0) is 26.1 Å². The van der Waals surface area contributed by atoms with E-state index in [-0.39, 0.29) is 40.5 Å². The van der Waals surface area contributed by atoms with Gasteiger partial charge in [-0.3, -0.25) is 4.72 Å². The third kappa shape index (κ3) is 8.10. The highest BCUT2D eigenvalue weighted by Crippen LogP contribution is 2.40. The number of nitriles is 1. The molecule has 0 spiro atoms. The van der Waals surface area contributed by atoms with Crippen molar-refractivity contribution < 1.29 is 31.1 Å². The second kappa shape index (κ2) is 15.6. The van der Waals surface area contributed by atoms with Gasteiger partial charge < -0.3 is 13.9 Å². The molecule has 0 radical (unpaired) electrons. The van der Waals surface area contributed by atoms with Crippen LogP contribution in [0.25, 0.3) is 0 Å². The number of ether oxygens (including phenoxy) is 2. The van der Waals surface area contributed by atoms with Crippen LogP contribution in [0.1, 0.15) is 34.9 Å². The molecule has 0 aliphatic heterocycles. The highest BCUT2D eigenvalue weighted by Gasteiger charge is 2.38. The number of anilines is 1. The normalized spacial score (nSPS) is 12.2. The van der Waals surface area contributed by atoms with Gasteiger partial charge in [-0.1, -0.05) is 115 Å². The van der Waals surface area contributed by atoms with Crippen molar-refractivity contribution in [1.82, 2.24) is 9.97 Å². The van der Waals surface area contributed by atoms with E-state index in [1.165, 1.54) is 24.3 Å². The second-order valence-electron chi connectivity index (χ2n) is 11.2. The zero-order valence-corrected chi connectivity index (χ0v) is 28.7. The lowest BCUT2D eigenvalue weighted by Gasteiger charge is -2.36. The number of aromatic nitrogens is 2. The standard InChI is InChI=1S/C38H30F2N4O5S2/c1-26(24-47-38(28-13-5-2-6-14-28,29-15-7-3-8-16-29)30-17-9-4-10-18-30)48-34-22-33(44-51(45,46)35-21-20-31(23-41)49-35)42-37(43-34)50-25-27-12-11-19-32(39)36(27)40/h2-22,26H,24-25H2,1H3,(H,42,43,44)/t26-/m1/s1. The molecule has 0 saturated heterocycles. The number of hydrogen-bond donors (Lipinski definition) is 1. The molecule has 2 heterocycles. The number of hydrogen-bond acceptors (Lipinski definition) is 9. The molecule has 13 heteroatoms. The topological polar surface area (TPSA) is 127 Å². The summed E-state index contributed by atoms with van der Waals surface area (Å²) in [6.45, 7) is 1.84. The Labute approximate surface area is 298 Å². The number of nitrogens with one attached hydrogen (secondary N) is 1. The lowest BCUT2D eigenvalue weighted by Crippen LogP contribution is -2.36. The van der Waals surface area contributed by atoms with Gasteiger partial charge in [-0.2, -0.15) is 18.7 Å². The zero-order valence-electron chi connectivity index (χ0n) is 27.1. The van der Waals surface area contributed by atoms with Gasteiger partial charge in [0.1, 0.15) is 23.6 Å². The van der Waals surface area contributed by atoms with Crippen LogP contribution in [0, 0.1) is 23.0 Å². The molecular weight excluding hydrogens is 695 g/mol. The second-order valence-corrected chi connectivity index (χ2v) is 13.8. The SMILES string of the molecule is C[C@H](COC(c1ccccc1)(c1ccccc1)c1ccccc1)Oc1cc(NS(=O)(=O)c2ccc(C#N)o2)nc(SCc2cccc(F)c2F)n1. The van der Waals surface area contributed by atoms with Gasteiger partial charge in [-0.15, -0.1) is 0 Å². The zero-order chi connectivity index (χ0) is 35.8. The number of rotatable bonds is 14. The van der Waals surface area contributed by atoms with Crippen LogP contribution in [0.3, 0.4) is 0 Å². The molecular formula is C38H30F2N4O5S2. The first kappa shape index (κ1) is 35.3. The summed E-state index contributed by atoms with van der Waals surface area (Å²) in [6.07, 6.45) is -0.637. The van der Waals surface area contributed by atoms with Crippen molar-refractivity contribution in [3.05, 3.63) is 167 Å². The molecule has 9 nitrogen and oxygen atoms in total. The largest absolute Gasteiger partial charge is 0.472 e. The van der Waals surface area contributed by atoms with E-state index in [1.54, 1.807) is 13.0 Å². The molecule has 51 heavy (non-hydrogen) atoms. The summed E-state index contributed by atoms with van der Waals surface area (Å²) in [7, 11) is -4.32. The van der Waals surface area contributed by atoms with Crippen molar-refractivity contribution >= 4 is 27.6 Å². The average molecular weight is 725 g/mol. The first-order valence-corrected chi connectivity index (χ1v) is 18.1. The molecule has 0 aliphatic rings. The average Bonchev–Trinajstić information content (AvgIpc) is 3.65. The van der Waals surface area contributed by atoms with Crippen LogP contribution >= 0.6 is 11.8 Å². The number of sulfonamides is 1. The fourth-order valence-electron chi connectivity index (χ4n) is 5.35. The summed E-state index contributed by atoms with van der Waals surface area (Å²) in [5.74, 6) is -2.45. The lowest BCUT2D eigenvalue weighted by molar-refractivity contribution is -0.0267. The van der Waals surface area contributed by atoms with E-state index in [9.17, 15) is 17.2 Å². The van der Waals surface area contributed by atoms with Gasteiger partial charge in [-0.05, 0) is 41.8 Å². The van der Waals surface area contributed by atoms with E-state index < -0.39 is 38.5 Å². The molecule has 0 amide bonds.